The van der Waals surface area contributed by atoms with Gasteiger partial charge < -0.3 is 5.11 Å². The van der Waals surface area contributed by atoms with Crippen LogP contribution in [0.15, 0.2) is 36.4 Å². The Morgan fingerprint density at radius 1 is 1.06 bits per heavy atom. The zero-order chi connectivity index (χ0) is 13.3. The largest absolute Gasteiger partial charge is 0.384 e. The molecule has 0 saturated carbocycles. The Bertz CT molecular complexity index is 584. The van der Waals surface area contributed by atoms with E-state index in [0.29, 0.717) is 10.6 Å². The average molecular weight is 269 g/mol. The summed E-state index contributed by atoms with van der Waals surface area (Å²) in [5, 5.41) is 10.5. The summed E-state index contributed by atoms with van der Waals surface area (Å²) in [5.41, 5.74) is 1.69. The van der Waals surface area contributed by atoms with Gasteiger partial charge in [-0.05, 0) is 36.2 Å². The Balaban J connectivity index is 2.41. The van der Waals surface area contributed by atoms with Gasteiger partial charge in [0.15, 0.2) is 11.6 Å². The third-order valence-corrected chi connectivity index (χ3v) is 3.04. The number of aliphatic hydroxyl groups is 1. The molecule has 0 saturated heterocycles. The van der Waals surface area contributed by atoms with Crippen molar-refractivity contribution in [1.82, 2.24) is 0 Å². The topological polar surface area (TPSA) is 20.2 Å². The summed E-state index contributed by atoms with van der Waals surface area (Å²) in [5.74, 6) is -1.93. The second-order valence-electron chi connectivity index (χ2n) is 4.10. The van der Waals surface area contributed by atoms with E-state index in [1.807, 2.05) is 6.92 Å². The molecule has 94 valence electrons. The van der Waals surface area contributed by atoms with Crippen molar-refractivity contribution in [3.63, 3.8) is 0 Å². The molecule has 1 N–H and O–H groups in total. The van der Waals surface area contributed by atoms with Crippen LogP contribution in [0.4, 0.5) is 8.78 Å². The Morgan fingerprint density at radius 2 is 1.78 bits per heavy atom. The van der Waals surface area contributed by atoms with E-state index in [0.717, 1.165) is 17.7 Å². The van der Waals surface area contributed by atoms with Gasteiger partial charge in [-0.3, -0.25) is 0 Å². The third-order valence-electron chi connectivity index (χ3n) is 2.71. The first kappa shape index (κ1) is 13.0. The molecule has 0 aromatic heterocycles. The quantitative estimate of drug-likeness (QED) is 0.873. The molecule has 0 heterocycles. The lowest BCUT2D eigenvalue weighted by molar-refractivity contribution is 0.219. The number of hydrogen-bond donors (Lipinski definition) is 1. The molecule has 2 aromatic carbocycles. The Kier molecular flexibility index (Phi) is 3.64. The van der Waals surface area contributed by atoms with Crippen LogP contribution in [-0.2, 0) is 0 Å². The van der Waals surface area contributed by atoms with E-state index in [1.165, 1.54) is 6.07 Å². The van der Waals surface area contributed by atoms with Crippen molar-refractivity contribution in [1.29, 1.82) is 0 Å². The van der Waals surface area contributed by atoms with Crippen molar-refractivity contribution in [2.75, 3.05) is 0 Å². The van der Waals surface area contributed by atoms with Crippen molar-refractivity contribution in [2.45, 2.75) is 13.0 Å². The fourth-order valence-corrected chi connectivity index (χ4v) is 2.05. The van der Waals surface area contributed by atoms with Gasteiger partial charge >= 0.3 is 0 Å². The number of benzene rings is 2. The van der Waals surface area contributed by atoms with Crippen LogP contribution in [0.5, 0.6) is 0 Å². The van der Waals surface area contributed by atoms with Crippen LogP contribution in [0.25, 0.3) is 0 Å². The maximum absolute atomic E-state index is 13.1. The van der Waals surface area contributed by atoms with Gasteiger partial charge in [0, 0.05) is 10.6 Å². The molecule has 0 radical (unpaired) electrons. The standard InChI is InChI=1S/C14H11ClF2O/c1-8-2-4-10(11(15)6-8)14(18)9-3-5-12(16)13(17)7-9/h2-7,14,18H,1H3. The predicted molar refractivity (Wildman–Crippen MR) is 66.6 cm³/mol. The zero-order valence-corrected chi connectivity index (χ0v) is 10.4. The van der Waals surface area contributed by atoms with Crippen LogP contribution in [0.1, 0.15) is 22.8 Å². The smallest absolute Gasteiger partial charge is 0.159 e. The van der Waals surface area contributed by atoms with Gasteiger partial charge in [0.25, 0.3) is 0 Å². The minimum Gasteiger partial charge on any atom is -0.384 e. The molecular weight excluding hydrogens is 258 g/mol. The molecule has 18 heavy (non-hydrogen) atoms. The van der Waals surface area contributed by atoms with Gasteiger partial charge in [0.05, 0.1) is 0 Å². The normalized spacial score (nSPS) is 12.5. The van der Waals surface area contributed by atoms with E-state index in [-0.39, 0.29) is 5.56 Å². The first-order valence-corrected chi connectivity index (χ1v) is 5.76. The summed E-state index contributed by atoms with van der Waals surface area (Å²) in [6.45, 7) is 1.87. The first-order valence-electron chi connectivity index (χ1n) is 5.38. The van der Waals surface area contributed by atoms with Crippen LogP contribution in [-0.4, -0.2) is 5.11 Å². The summed E-state index contributed by atoms with van der Waals surface area (Å²) < 4.78 is 25.9. The van der Waals surface area contributed by atoms with Crippen molar-refractivity contribution in [3.05, 3.63) is 69.7 Å². The van der Waals surface area contributed by atoms with Gasteiger partial charge in [-0.1, -0.05) is 29.8 Å². The summed E-state index contributed by atoms with van der Waals surface area (Å²) in [6, 6.07) is 8.46. The number of hydrogen-bond acceptors (Lipinski definition) is 1. The first-order chi connectivity index (χ1) is 8.49. The molecule has 0 amide bonds. The van der Waals surface area contributed by atoms with Crippen LogP contribution >= 0.6 is 11.6 Å². The third kappa shape index (κ3) is 2.52. The lowest BCUT2D eigenvalue weighted by Gasteiger charge is -2.13. The summed E-state index contributed by atoms with van der Waals surface area (Å²) in [6.07, 6.45) is -1.08. The lowest BCUT2D eigenvalue weighted by Crippen LogP contribution is -2.02. The minimum atomic E-state index is -1.08. The number of halogens is 3. The van der Waals surface area contributed by atoms with Crippen LogP contribution < -0.4 is 0 Å². The van der Waals surface area contributed by atoms with Crippen LogP contribution in [0.2, 0.25) is 5.02 Å². The Labute approximate surface area is 109 Å². The number of rotatable bonds is 2. The van der Waals surface area contributed by atoms with Gasteiger partial charge in [-0.15, -0.1) is 0 Å². The highest BCUT2D eigenvalue weighted by molar-refractivity contribution is 6.31. The highest BCUT2D eigenvalue weighted by Gasteiger charge is 2.15. The minimum absolute atomic E-state index is 0.264. The Hall–Kier alpha value is -1.45. The van der Waals surface area contributed by atoms with Crippen LogP contribution in [0, 0.1) is 18.6 Å². The maximum Gasteiger partial charge on any atom is 0.159 e. The van der Waals surface area contributed by atoms with Crippen molar-refractivity contribution < 1.29 is 13.9 Å². The van der Waals surface area contributed by atoms with E-state index < -0.39 is 17.7 Å². The molecule has 1 atom stereocenters. The van der Waals surface area contributed by atoms with E-state index in [9.17, 15) is 13.9 Å². The SMILES string of the molecule is Cc1ccc(C(O)c2ccc(F)c(F)c2)c(Cl)c1. The molecule has 4 heteroatoms. The summed E-state index contributed by atoms with van der Waals surface area (Å²) >= 11 is 6.02. The molecule has 2 rings (SSSR count). The number of aryl methyl sites for hydroxylation is 1. The van der Waals surface area contributed by atoms with E-state index >= 15 is 0 Å². The van der Waals surface area contributed by atoms with Crippen molar-refractivity contribution >= 4 is 11.6 Å². The van der Waals surface area contributed by atoms with Crippen molar-refractivity contribution in [2.24, 2.45) is 0 Å². The predicted octanol–water partition coefficient (Wildman–Crippen LogP) is 4.01. The van der Waals surface area contributed by atoms with Crippen molar-refractivity contribution in [3.8, 4) is 0 Å². The molecule has 0 bridgehead atoms. The molecule has 0 aliphatic heterocycles. The highest BCUT2D eigenvalue weighted by atomic mass is 35.5. The molecule has 0 fully saturated rings. The van der Waals surface area contributed by atoms with Gasteiger partial charge in [-0.25, -0.2) is 8.78 Å². The maximum atomic E-state index is 13.1. The summed E-state index contributed by atoms with van der Waals surface area (Å²) in [4.78, 5) is 0. The number of aliphatic hydroxyl groups excluding tert-OH is 1. The van der Waals surface area contributed by atoms with Gasteiger partial charge in [0.2, 0.25) is 0 Å². The van der Waals surface area contributed by atoms with Gasteiger partial charge in [-0.2, -0.15) is 0 Å². The fourth-order valence-electron chi connectivity index (χ4n) is 1.72. The molecule has 1 unspecified atom stereocenters. The Morgan fingerprint density at radius 3 is 2.39 bits per heavy atom. The lowest BCUT2D eigenvalue weighted by atomic mass is 10.0. The average Bonchev–Trinajstić information content (AvgIpc) is 2.32. The molecule has 0 spiro atoms. The van der Waals surface area contributed by atoms with Crippen LogP contribution in [0.3, 0.4) is 0 Å². The fraction of sp³-hybridized carbons (Fsp3) is 0.143. The molecule has 2 aromatic rings. The molecule has 0 aliphatic rings. The zero-order valence-electron chi connectivity index (χ0n) is 9.62. The molecule has 1 nitrogen and oxygen atoms in total. The second-order valence-corrected chi connectivity index (χ2v) is 4.51. The highest BCUT2D eigenvalue weighted by Crippen LogP contribution is 2.29. The van der Waals surface area contributed by atoms with Gasteiger partial charge in [0.1, 0.15) is 6.10 Å². The molecular formula is C14H11ClF2O. The van der Waals surface area contributed by atoms with E-state index in [1.54, 1.807) is 18.2 Å². The second kappa shape index (κ2) is 5.04. The monoisotopic (exact) mass is 268 g/mol. The molecule has 0 aliphatic carbocycles. The van der Waals surface area contributed by atoms with E-state index in [4.69, 9.17) is 11.6 Å². The summed E-state index contributed by atoms with van der Waals surface area (Å²) in [7, 11) is 0. The van der Waals surface area contributed by atoms with E-state index in [2.05, 4.69) is 0 Å².